The van der Waals surface area contributed by atoms with E-state index in [-0.39, 0.29) is 5.91 Å². The monoisotopic (exact) mass is 465 g/mol. The molecule has 35 heavy (non-hydrogen) atoms. The largest absolute Gasteiger partial charge is 0.493 e. The van der Waals surface area contributed by atoms with Crippen molar-refractivity contribution < 1.29 is 19.0 Å². The van der Waals surface area contributed by atoms with Crippen LogP contribution >= 0.6 is 0 Å². The molecule has 0 bridgehead atoms. The lowest BCUT2D eigenvalue weighted by Crippen LogP contribution is -2.12. The molecule has 7 nitrogen and oxygen atoms in total. The number of ether oxygens (including phenoxy) is 3. The third kappa shape index (κ3) is 4.44. The van der Waals surface area contributed by atoms with Gasteiger partial charge < -0.3 is 19.5 Å². The molecule has 0 unspecified atom stereocenters. The number of methoxy groups -OCH3 is 2. The van der Waals surface area contributed by atoms with Gasteiger partial charge in [-0.3, -0.25) is 4.79 Å². The fourth-order valence-electron chi connectivity index (χ4n) is 4.00. The molecular formula is C28H23N3O4. The van der Waals surface area contributed by atoms with Gasteiger partial charge in [-0.2, -0.15) is 0 Å². The maximum absolute atomic E-state index is 13.0. The van der Waals surface area contributed by atoms with E-state index in [0.717, 1.165) is 22.0 Å². The van der Waals surface area contributed by atoms with Gasteiger partial charge in [-0.1, -0.05) is 24.3 Å². The van der Waals surface area contributed by atoms with Crippen molar-refractivity contribution in [3.05, 3.63) is 90.3 Å². The molecule has 7 heteroatoms. The Balaban J connectivity index is 1.47. The van der Waals surface area contributed by atoms with Crippen molar-refractivity contribution in [1.82, 2.24) is 9.97 Å². The van der Waals surface area contributed by atoms with Crippen molar-refractivity contribution in [1.29, 1.82) is 0 Å². The van der Waals surface area contributed by atoms with Crippen LogP contribution < -0.4 is 19.5 Å². The quantitative estimate of drug-likeness (QED) is 0.324. The summed E-state index contributed by atoms with van der Waals surface area (Å²) >= 11 is 0. The Morgan fingerprint density at radius 1 is 0.829 bits per heavy atom. The number of amides is 1. The predicted molar refractivity (Wildman–Crippen MR) is 136 cm³/mol. The van der Waals surface area contributed by atoms with Crippen LogP contribution in [-0.4, -0.2) is 30.1 Å². The number of nitrogens with one attached hydrogen (secondary N) is 1. The molecule has 1 N–H and O–H groups in total. The van der Waals surface area contributed by atoms with Gasteiger partial charge in [0, 0.05) is 17.3 Å². The van der Waals surface area contributed by atoms with Crippen LogP contribution in [0.5, 0.6) is 23.1 Å². The Kier molecular flexibility index (Phi) is 5.89. The van der Waals surface area contributed by atoms with Gasteiger partial charge in [-0.15, -0.1) is 0 Å². The second kappa shape index (κ2) is 9.30. The molecule has 0 aliphatic heterocycles. The number of benzene rings is 4. The molecule has 0 saturated heterocycles. The second-order valence-corrected chi connectivity index (χ2v) is 8.02. The van der Waals surface area contributed by atoms with Gasteiger partial charge >= 0.3 is 0 Å². The number of hydrogen-bond donors (Lipinski definition) is 1. The lowest BCUT2D eigenvalue weighted by Gasteiger charge is -2.12. The number of fused-ring (bicyclic) bond motifs is 2. The van der Waals surface area contributed by atoms with E-state index < -0.39 is 0 Å². The molecular weight excluding hydrogens is 442 g/mol. The summed E-state index contributed by atoms with van der Waals surface area (Å²) in [7, 11) is 3.15. The van der Waals surface area contributed by atoms with Crippen LogP contribution in [-0.2, 0) is 0 Å². The Labute approximate surface area is 202 Å². The third-order valence-corrected chi connectivity index (χ3v) is 5.69. The van der Waals surface area contributed by atoms with E-state index in [1.54, 1.807) is 26.4 Å². The van der Waals surface area contributed by atoms with Crippen molar-refractivity contribution >= 4 is 33.3 Å². The van der Waals surface area contributed by atoms with Crippen LogP contribution in [0.2, 0.25) is 0 Å². The number of carbonyl (C=O) groups is 1. The normalized spacial score (nSPS) is 10.8. The van der Waals surface area contributed by atoms with Crippen LogP contribution in [0.15, 0.2) is 79.1 Å². The SMILES string of the molecule is COc1cc2ncnc(Oc3ccc4c(C(=O)Nc5cccc(C)c5)cccc4c3)c2cc1OC. The van der Waals surface area contributed by atoms with Gasteiger partial charge in [0.25, 0.3) is 5.91 Å². The van der Waals surface area contributed by atoms with E-state index in [2.05, 4.69) is 15.3 Å². The van der Waals surface area contributed by atoms with Gasteiger partial charge in [0.1, 0.15) is 12.1 Å². The molecule has 1 amide bonds. The summed E-state index contributed by atoms with van der Waals surface area (Å²) < 4.78 is 16.9. The van der Waals surface area contributed by atoms with E-state index in [4.69, 9.17) is 14.2 Å². The summed E-state index contributed by atoms with van der Waals surface area (Å²) in [6, 6.07) is 22.5. The second-order valence-electron chi connectivity index (χ2n) is 8.02. The van der Waals surface area contributed by atoms with E-state index >= 15 is 0 Å². The summed E-state index contributed by atoms with van der Waals surface area (Å²) in [5, 5.41) is 5.36. The van der Waals surface area contributed by atoms with Crippen molar-refractivity contribution in [2.24, 2.45) is 0 Å². The van der Waals surface area contributed by atoms with E-state index in [1.807, 2.05) is 67.6 Å². The zero-order valence-corrected chi connectivity index (χ0v) is 19.5. The first-order valence-electron chi connectivity index (χ1n) is 11.0. The highest BCUT2D eigenvalue weighted by molar-refractivity contribution is 6.13. The molecule has 0 aliphatic rings. The average molecular weight is 466 g/mol. The predicted octanol–water partition coefficient (Wildman–Crippen LogP) is 6.15. The lowest BCUT2D eigenvalue weighted by molar-refractivity contribution is 0.102. The molecule has 0 aliphatic carbocycles. The number of carbonyl (C=O) groups excluding carboxylic acids is 1. The molecule has 0 radical (unpaired) electrons. The summed E-state index contributed by atoms with van der Waals surface area (Å²) in [5.74, 6) is 1.94. The molecule has 174 valence electrons. The maximum Gasteiger partial charge on any atom is 0.256 e. The smallest absolute Gasteiger partial charge is 0.256 e. The molecule has 0 saturated carbocycles. The van der Waals surface area contributed by atoms with Crippen LogP contribution in [0.4, 0.5) is 5.69 Å². The highest BCUT2D eigenvalue weighted by Crippen LogP contribution is 2.36. The third-order valence-electron chi connectivity index (χ3n) is 5.69. The summed E-state index contributed by atoms with van der Waals surface area (Å²) in [6.45, 7) is 1.99. The highest BCUT2D eigenvalue weighted by atomic mass is 16.5. The maximum atomic E-state index is 13.0. The van der Waals surface area contributed by atoms with E-state index in [0.29, 0.717) is 39.6 Å². The number of rotatable bonds is 6. The van der Waals surface area contributed by atoms with Crippen LogP contribution in [0.1, 0.15) is 15.9 Å². The molecule has 5 rings (SSSR count). The van der Waals surface area contributed by atoms with Gasteiger partial charge in [0.15, 0.2) is 11.5 Å². The fraction of sp³-hybridized carbons (Fsp3) is 0.107. The highest BCUT2D eigenvalue weighted by Gasteiger charge is 2.14. The number of hydrogen-bond acceptors (Lipinski definition) is 6. The van der Waals surface area contributed by atoms with Gasteiger partial charge in [-0.05, 0) is 65.7 Å². The number of aryl methyl sites for hydroxylation is 1. The minimum absolute atomic E-state index is 0.169. The van der Waals surface area contributed by atoms with Gasteiger partial charge in [0.2, 0.25) is 5.88 Å². The Hall–Kier alpha value is -4.65. The molecule has 0 atom stereocenters. The molecule has 1 aromatic heterocycles. The van der Waals surface area contributed by atoms with E-state index in [1.165, 1.54) is 6.33 Å². The average Bonchev–Trinajstić information content (AvgIpc) is 2.87. The molecule has 4 aromatic carbocycles. The van der Waals surface area contributed by atoms with Crippen molar-refractivity contribution in [3.8, 4) is 23.1 Å². The minimum atomic E-state index is -0.169. The molecule has 1 heterocycles. The van der Waals surface area contributed by atoms with Crippen molar-refractivity contribution in [2.45, 2.75) is 6.92 Å². The first-order valence-corrected chi connectivity index (χ1v) is 11.0. The Bertz CT molecular complexity index is 1570. The lowest BCUT2D eigenvalue weighted by atomic mass is 10.0. The minimum Gasteiger partial charge on any atom is -0.493 e. The topological polar surface area (TPSA) is 82.6 Å². The van der Waals surface area contributed by atoms with Gasteiger partial charge in [0.05, 0.1) is 25.1 Å². The molecule has 0 spiro atoms. The van der Waals surface area contributed by atoms with Crippen molar-refractivity contribution in [3.63, 3.8) is 0 Å². The fourth-order valence-corrected chi connectivity index (χ4v) is 4.00. The van der Waals surface area contributed by atoms with E-state index in [9.17, 15) is 4.79 Å². The van der Waals surface area contributed by atoms with Crippen LogP contribution in [0.25, 0.3) is 21.7 Å². The Morgan fingerprint density at radius 3 is 2.43 bits per heavy atom. The first kappa shape index (κ1) is 22.2. The first-order chi connectivity index (χ1) is 17.1. The summed E-state index contributed by atoms with van der Waals surface area (Å²) in [6.07, 6.45) is 1.44. The summed E-state index contributed by atoms with van der Waals surface area (Å²) in [4.78, 5) is 21.6. The van der Waals surface area contributed by atoms with Gasteiger partial charge in [-0.25, -0.2) is 9.97 Å². The standard InChI is InChI=1S/C28H23N3O4/c1-17-6-4-8-19(12-17)31-27(32)22-9-5-7-18-13-20(10-11-21(18)22)35-28-23-14-25(33-2)26(34-3)15-24(23)29-16-30-28/h4-16H,1-3H3,(H,31,32). The zero-order valence-electron chi connectivity index (χ0n) is 19.5. The number of nitrogens with zero attached hydrogens (tertiary/aromatic N) is 2. The van der Waals surface area contributed by atoms with Crippen LogP contribution in [0.3, 0.4) is 0 Å². The number of anilines is 1. The Morgan fingerprint density at radius 2 is 1.63 bits per heavy atom. The number of aromatic nitrogens is 2. The molecule has 5 aromatic rings. The van der Waals surface area contributed by atoms with Crippen molar-refractivity contribution in [2.75, 3.05) is 19.5 Å². The molecule has 0 fully saturated rings. The zero-order chi connectivity index (χ0) is 24.4. The van der Waals surface area contributed by atoms with Crippen LogP contribution in [0, 0.1) is 6.92 Å². The summed E-state index contributed by atoms with van der Waals surface area (Å²) in [5.41, 5.74) is 3.09.